The summed E-state index contributed by atoms with van der Waals surface area (Å²) in [6.07, 6.45) is 3.29. The van der Waals surface area contributed by atoms with E-state index in [0.29, 0.717) is 6.61 Å². The Morgan fingerprint density at radius 1 is 1.50 bits per heavy atom. The quantitative estimate of drug-likeness (QED) is 0.781. The van der Waals surface area contributed by atoms with Crippen LogP contribution < -0.4 is 5.73 Å². The van der Waals surface area contributed by atoms with Crippen LogP contribution in [0.4, 0.5) is 0 Å². The number of piperidine rings is 1. The van der Waals surface area contributed by atoms with E-state index in [2.05, 4.69) is 0 Å². The summed E-state index contributed by atoms with van der Waals surface area (Å²) in [6.45, 7) is 5.42. The Balaban J connectivity index is 2.63. The molecule has 0 aromatic heterocycles. The summed E-state index contributed by atoms with van der Waals surface area (Å²) in [6, 6.07) is -0.159. The predicted molar refractivity (Wildman–Crippen MR) is 64.0 cm³/mol. The van der Waals surface area contributed by atoms with E-state index in [4.69, 9.17) is 10.5 Å². The molecule has 1 amide bonds. The van der Waals surface area contributed by atoms with Crippen molar-refractivity contribution in [2.24, 2.45) is 11.7 Å². The third-order valence-corrected chi connectivity index (χ3v) is 3.27. The minimum atomic E-state index is -0.377. The van der Waals surface area contributed by atoms with Crippen molar-refractivity contribution in [1.82, 2.24) is 4.90 Å². The highest BCUT2D eigenvalue weighted by Gasteiger charge is 2.30. The Kier molecular flexibility index (Phi) is 5.22. The van der Waals surface area contributed by atoms with Gasteiger partial charge in [0.1, 0.15) is 0 Å². The van der Waals surface area contributed by atoms with Crippen LogP contribution in [-0.4, -0.2) is 43.2 Å². The molecular weight excluding hydrogens is 204 g/mol. The minimum Gasteiger partial charge on any atom is -0.383 e. The van der Waals surface area contributed by atoms with Gasteiger partial charge in [-0.25, -0.2) is 0 Å². The van der Waals surface area contributed by atoms with Gasteiger partial charge >= 0.3 is 0 Å². The van der Waals surface area contributed by atoms with Crippen LogP contribution in [-0.2, 0) is 9.53 Å². The molecule has 4 nitrogen and oxygen atoms in total. The molecule has 0 aliphatic carbocycles. The summed E-state index contributed by atoms with van der Waals surface area (Å²) in [5.74, 6) is 0.273. The van der Waals surface area contributed by atoms with Crippen LogP contribution in [0.1, 0.15) is 33.1 Å². The van der Waals surface area contributed by atoms with Crippen LogP contribution in [0.15, 0.2) is 0 Å². The van der Waals surface area contributed by atoms with Crippen molar-refractivity contribution in [2.75, 3.05) is 20.3 Å². The molecule has 0 bridgehead atoms. The van der Waals surface area contributed by atoms with Crippen molar-refractivity contribution in [3.8, 4) is 0 Å². The molecule has 2 N–H and O–H groups in total. The van der Waals surface area contributed by atoms with Gasteiger partial charge < -0.3 is 15.4 Å². The maximum Gasteiger partial charge on any atom is 0.240 e. The van der Waals surface area contributed by atoms with E-state index in [1.165, 1.54) is 6.42 Å². The molecule has 1 aliphatic rings. The highest BCUT2D eigenvalue weighted by atomic mass is 16.5. The number of carbonyl (C=O) groups is 1. The number of amides is 1. The highest BCUT2D eigenvalue weighted by Crippen LogP contribution is 2.19. The van der Waals surface area contributed by atoms with Gasteiger partial charge in [0.25, 0.3) is 0 Å². The van der Waals surface area contributed by atoms with E-state index in [1.807, 2.05) is 18.7 Å². The lowest BCUT2D eigenvalue weighted by Gasteiger charge is -2.37. The first-order valence-electron chi connectivity index (χ1n) is 6.13. The summed E-state index contributed by atoms with van der Waals surface area (Å²) < 4.78 is 5.17. The van der Waals surface area contributed by atoms with Crippen molar-refractivity contribution >= 4 is 5.91 Å². The summed E-state index contributed by atoms with van der Waals surface area (Å²) in [5.41, 5.74) is 5.92. The topological polar surface area (TPSA) is 55.6 Å². The number of methoxy groups -OCH3 is 1. The first-order chi connectivity index (χ1) is 7.57. The molecule has 0 saturated carbocycles. The molecule has 1 fully saturated rings. The standard InChI is InChI=1S/C12H24N2O2/c1-9(2)11(13)12(15)14-7-5-4-6-10(14)8-16-3/h9-11H,4-8,13H2,1-3H3/t10-,11-/m0/s1. The second-order valence-electron chi connectivity index (χ2n) is 4.91. The minimum absolute atomic E-state index is 0.0803. The zero-order valence-electron chi connectivity index (χ0n) is 10.6. The Morgan fingerprint density at radius 2 is 2.19 bits per heavy atom. The molecule has 0 unspecified atom stereocenters. The van der Waals surface area contributed by atoms with Gasteiger partial charge in [-0.15, -0.1) is 0 Å². The van der Waals surface area contributed by atoms with Crippen molar-refractivity contribution in [2.45, 2.75) is 45.2 Å². The predicted octanol–water partition coefficient (Wildman–Crippen LogP) is 0.997. The largest absolute Gasteiger partial charge is 0.383 e. The third-order valence-electron chi connectivity index (χ3n) is 3.27. The molecule has 1 rings (SSSR count). The summed E-state index contributed by atoms with van der Waals surface area (Å²) in [5, 5.41) is 0. The van der Waals surface area contributed by atoms with Gasteiger partial charge in [0.05, 0.1) is 18.7 Å². The first kappa shape index (κ1) is 13.5. The average Bonchev–Trinajstić information content (AvgIpc) is 2.28. The lowest BCUT2D eigenvalue weighted by Crippen LogP contribution is -2.53. The fourth-order valence-corrected chi connectivity index (χ4v) is 2.13. The van der Waals surface area contributed by atoms with Gasteiger partial charge in [-0.1, -0.05) is 13.8 Å². The Bertz CT molecular complexity index is 229. The van der Waals surface area contributed by atoms with E-state index >= 15 is 0 Å². The number of rotatable bonds is 4. The summed E-state index contributed by atoms with van der Waals surface area (Å²) in [4.78, 5) is 14.1. The highest BCUT2D eigenvalue weighted by molar-refractivity contribution is 5.82. The molecule has 1 aliphatic heterocycles. The van der Waals surface area contributed by atoms with Gasteiger partial charge in [-0.3, -0.25) is 4.79 Å². The van der Waals surface area contributed by atoms with Crippen molar-refractivity contribution in [3.63, 3.8) is 0 Å². The molecule has 0 aromatic rings. The molecule has 1 heterocycles. The zero-order chi connectivity index (χ0) is 12.1. The Morgan fingerprint density at radius 3 is 2.75 bits per heavy atom. The summed E-state index contributed by atoms with van der Waals surface area (Å²) >= 11 is 0. The van der Waals surface area contributed by atoms with Gasteiger partial charge in [0.2, 0.25) is 5.91 Å². The Hall–Kier alpha value is -0.610. The second kappa shape index (κ2) is 6.21. The maximum absolute atomic E-state index is 12.2. The van der Waals surface area contributed by atoms with Crippen LogP contribution in [0.3, 0.4) is 0 Å². The molecule has 1 saturated heterocycles. The number of nitrogens with zero attached hydrogens (tertiary/aromatic N) is 1. The fraction of sp³-hybridized carbons (Fsp3) is 0.917. The van der Waals surface area contributed by atoms with Crippen LogP contribution in [0.5, 0.6) is 0 Å². The number of carbonyl (C=O) groups excluding carboxylic acids is 1. The lowest BCUT2D eigenvalue weighted by molar-refractivity contribution is -0.138. The van der Waals surface area contributed by atoms with Gasteiger partial charge in [0, 0.05) is 13.7 Å². The number of nitrogens with two attached hydrogens (primary N) is 1. The molecule has 2 atom stereocenters. The smallest absolute Gasteiger partial charge is 0.240 e. The first-order valence-corrected chi connectivity index (χ1v) is 6.13. The van der Waals surface area contributed by atoms with E-state index in [9.17, 15) is 4.79 Å². The van der Waals surface area contributed by atoms with Crippen LogP contribution in [0.25, 0.3) is 0 Å². The molecule has 0 radical (unpaired) electrons. The van der Waals surface area contributed by atoms with Crippen molar-refractivity contribution in [3.05, 3.63) is 0 Å². The number of hydrogen-bond acceptors (Lipinski definition) is 3. The van der Waals surface area contributed by atoms with Crippen molar-refractivity contribution in [1.29, 1.82) is 0 Å². The van der Waals surface area contributed by atoms with E-state index in [1.54, 1.807) is 7.11 Å². The molecule has 4 heteroatoms. The number of ether oxygens (including phenoxy) is 1. The van der Waals surface area contributed by atoms with Crippen LogP contribution in [0.2, 0.25) is 0 Å². The zero-order valence-corrected chi connectivity index (χ0v) is 10.6. The van der Waals surface area contributed by atoms with Gasteiger partial charge in [-0.2, -0.15) is 0 Å². The van der Waals surface area contributed by atoms with E-state index in [-0.39, 0.29) is 23.9 Å². The van der Waals surface area contributed by atoms with Crippen molar-refractivity contribution < 1.29 is 9.53 Å². The molecule has 16 heavy (non-hydrogen) atoms. The third kappa shape index (κ3) is 3.19. The fourth-order valence-electron chi connectivity index (χ4n) is 2.13. The lowest BCUT2D eigenvalue weighted by atomic mass is 9.98. The van der Waals surface area contributed by atoms with Crippen LogP contribution >= 0.6 is 0 Å². The molecule has 94 valence electrons. The second-order valence-corrected chi connectivity index (χ2v) is 4.91. The maximum atomic E-state index is 12.2. The molecule has 0 spiro atoms. The molecular formula is C12H24N2O2. The SMILES string of the molecule is COC[C@@H]1CCCCN1C(=O)[C@@H](N)C(C)C. The van der Waals surface area contributed by atoms with E-state index in [0.717, 1.165) is 19.4 Å². The van der Waals surface area contributed by atoms with Gasteiger partial charge in [0.15, 0.2) is 0 Å². The van der Waals surface area contributed by atoms with E-state index < -0.39 is 0 Å². The van der Waals surface area contributed by atoms with Gasteiger partial charge in [-0.05, 0) is 25.2 Å². The molecule has 0 aromatic carbocycles. The average molecular weight is 228 g/mol. The monoisotopic (exact) mass is 228 g/mol. The normalized spacial score (nSPS) is 23.6. The van der Waals surface area contributed by atoms with Crippen LogP contribution in [0, 0.1) is 5.92 Å². The summed E-state index contributed by atoms with van der Waals surface area (Å²) in [7, 11) is 1.68. The number of hydrogen-bond donors (Lipinski definition) is 1. The Labute approximate surface area is 98.1 Å². The number of likely N-dealkylation sites (tertiary alicyclic amines) is 1.